The van der Waals surface area contributed by atoms with Gasteiger partial charge in [-0.2, -0.15) is 0 Å². The molecule has 1 unspecified atom stereocenters. The number of hydrogen-bond acceptors (Lipinski definition) is 4. The molecule has 1 aromatic carbocycles. The molecule has 0 aliphatic rings. The van der Waals surface area contributed by atoms with Crippen molar-refractivity contribution in [3.8, 4) is 11.5 Å². The Labute approximate surface area is 146 Å². The first-order valence-corrected chi connectivity index (χ1v) is 8.68. The molecule has 0 saturated carbocycles. The van der Waals surface area contributed by atoms with Crippen molar-refractivity contribution >= 4 is 11.6 Å². The van der Waals surface area contributed by atoms with E-state index in [9.17, 15) is 0 Å². The van der Waals surface area contributed by atoms with Crippen LogP contribution in [0.1, 0.15) is 34.1 Å². The van der Waals surface area contributed by atoms with Crippen LogP contribution < -0.4 is 20.5 Å². The molecule has 24 heavy (non-hydrogen) atoms. The molecule has 6 nitrogen and oxygen atoms in total. The van der Waals surface area contributed by atoms with Gasteiger partial charge in [-0.1, -0.05) is 6.92 Å². The van der Waals surface area contributed by atoms with Gasteiger partial charge >= 0.3 is 0 Å². The van der Waals surface area contributed by atoms with Crippen molar-refractivity contribution in [2.45, 2.75) is 40.2 Å². The fraction of sp³-hybridized carbons (Fsp3) is 0.611. The molecule has 0 spiro atoms. The third-order valence-electron chi connectivity index (χ3n) is 3.90. The molecule has 1 rings (SSSR count). The summed E-state index contributed by atoms with van der Waals surface area (Å²) in [5.74, 6) is 1.88. The topological polar surface area (TPSA) is 72.1 Å². The number of anilines is 1. The van der Waals surface area contributed by atoms with E-state index in [1.807, 2.05) is 32.0 Å². The summed E-state index contributed by atoms with van der Waals surface area (Å²) < 4.78 is 11.2. The number of aliphatic imine (C=N–C) groups is 1. The van der Waals surface area contributed by atoms with Crippen LogP contribution >= 0.6 is 0 Å². The van der Waals surface area contributed by atoms with Crippen molar-refractivity contribution in [1.82, 2.24) is 4.90 Å². The van der Waals surface area contributed by atoms with Gasteiger partial charge in [0.05, 0.1) is 25.4 Å². The molecule has 1 atom stereocenters. The van der Waals surface area contributed by atoms with Gasteiger partial charge in [-0.3, -0.25) is 4.99 Å². The van der Waals surface area contributed by atoms with Gasteiger partial charge in [0.25, 0.3) is 0 Å². The quantitative estimate of drug-likeness (QED) is 0.508. The molecule has 0 saturated heterocycles. The Morgan fingerprint density at radius 1 is 1.25 bits per heavy atom. The van der Waals surface area contributed by atoms with Crippen LogP contribution in [0.4, 0.5) is 5.69 Å². The van der Waals surface area contributed by atoms with Crippen LogP contribution in [-0.2, 0) is 0 Å². The first-order chi connectivity index (χ1) is 11.5. The van der Waals surface area contributed by atoms with Gasteiger partial charge in [0.15, 0.2) is 5.96 Å². The molecule has 0 bridgehead atoms. The maximum Gasteiger partial charge on any atom is 0.193 e. The largest absolute Gasteiger partial charge is 0.494 e. The van der Waals surface area contributed by atoms with Gasteiger partial charge in [-0.15, -0.1) is 0 Å². The smallest absolute Gasteiger partial charge is 0.193 e. The van der Waals surface area contributed by atoms with E-state index in [4.69, 9.17) is 15.2 Å². The predicted octanol–water partition coefficient (Wildman–Crippen LogP) is 2.94. The first kappa shape index (κ1) is 20.1. The second kappa shape index (κ2) is 10.8. The summed E-state index contributed by atoms with van der Waals surface area (Å²) in [6.07, 6.45) is 1.12. The van der Waals surface area contributed by atoms with Crippen LogP contribution in [0.15, 0.2) is 23.2 Å². The number of nitrogens with one attached hydrogen (secondary N) is 1. The molecule has 0 aliphatic carbocycles. The van der Waals surface area contributed by atoms with Gasteiger partial charge < -0.3 is 25.4 Å². The number of hydrogen-bond donors (Lipinski definition) is 2. The van der Waals surface area contributed by atoms with Crippen LogP contribution in [0.25, 0.3) is 0 Å². The Kier molecular flexibility index (Phi) is 9.01. The van der Waals surface area contributed by atoms with Gasteiger partial charge in [0.1, 0.15) is 11.5 Å². The molecule has 0 radical (unpaired) electrons. The van der Waals surface area contributed by atoms with Crippen molar-refractivity contribution in [2.24, 2.45) is 10.7 Å². The van der Waals surface area contributed by atoms with Crippen molar-refractivity contribution < 1.29 is 9.47 Å². The van der Waals surface area contributed by atoms with Crippen LogP contribution in [0.5, 0.6) is 11.5 Å². The van der Waals surface area contributed by atoms with Crippen molar-refractivity contribution in [3.05, 3.63) is 18.2 Å². The van der Waals surface area contributed by atoms with E-state index in [0.29, 0.717) is 31.8 Å². The van der Waals surface area contributed by atoms with E-state index in [-0.39, 0.29) is 0 Å². The summed E-state index contributed by atoms with van der Waals surface area (Å²) in [6.45, 7) is 11.0. The molecule has 6 heteroatoms. The predicted molar refractivity (Wildman–Crippen MR) is 101 cm³/mol. The standard InChI is InChI=1S/C18H32N4O2/c1-6-14(4)22(5)12-11-20-18(19)21-16-13-15(23-7-2)9-10-17(16)24-8-3/h9-10,13-14H,6-8,11-12H2,1-5H3,(H3,19,20,21). The number of nitrogens with zero attached hydrogens (tertiary/aromatic N) is 2. The van der Waals surface area contributed by atoms with Gasteiger partial charge in [-0.05, 0) is 46.4 Å². The summed E-state index contributed by atoms with van der Waals surface area (Å²) in [4.78, 5) is 6.67. The Balaban J connectivity index is 2.71. The second-order valence-corrected chi connectivity index (χ2v) is 5.65. The molecule has 0 aromatic heterocycles. The number of nitrogens with two attached hydrogens (primary N) is 1. The van der Waals surface area contributed by atoms with E-state index < -0.39 is 0 Å². The Hall–Kier alpha value is -1.95. The van der Waals surface area contributed by atoms with E-state index in [1.54, 1.807) is 0 Å². The summed E-state index contributed by atoms with van der Waals surface area (Å²) in [5, 5.41) is 3.12. The molecule has 3 N–H and O–H groups in total. The van der Waals surface area contributed by atoms with Crippen LogP contribution in [0.3, 0.4) is 0 Å². The summed E-state index contributed by atoms with van der Waals surface area (Å²) in [6, 6.07) is 6.18. The molecule has 0 amide bonds. The molecule has 0 heterocycles. The summed E-state index contributed by atoms with van der Waals surface area (Å²) >= 11 is 0. The van der Waals surface area contributed by atoms with E-state index in [0.717, 1.165) is 30.2 Å². The minimum absolute atomic E-state index is 0.377. The SMILES string of the molecule is CCOc1ccc(OCC)c(NC(N)=NCCN(C)C(C)CC)c1. The summed E-state index contributed by atoms with van der Waals surface area (Å²) in [7, 11) is 2.10. The normalized spacial score (nSPS) is 13.0. The molecule has 0 aliphatic heterocycles. The van der Waals surface area contributed by atoms with Gasteiger partial charge in [0.2, 0.25) is 0 Å². The average molecular weight is 336 g/mol. The maximum atomic E-state index is 6.01. The van der Waals surface area contributed by atoms with Crippen LogP contribution in [-0.4, -0.2) is 50.3 Å². The van der Waals surface area contributed by atoms with E-state index in [2.05, 4.69) is 36.1 Å². The van der Waals surface area contributed by atoms with Crippen molar-refractivity contribution in [2.75, 3.05) is 38.7 Å². The Morgan fingerprint density at radius 3 is 2.58 bits per heavy atom. The highest BCUT2D eigenvalue weighted by Gasteiger charge is 2.08. The zero-order chi connectivity index (χ0) is 17.9. The fourth-order valence-electron chi connectivity index (χ4n) is 2.18. The minimum atomic E-state index is 0.377. The Morgan fingerprint density at radius 2 is 1.96 bits per heavy atom. The zero-order valence-corrected chi connectivity index (χ0v) is 15.6. The van der Waals surface area contributed by atoms with Crippen molar-refractivity contribution in [1.29, 1.82) is 0 Å². The number of rotatable bonds is 10. The fourth-order valence-corrected chi connectivity index (χ4v) is 2.18. The van der Waals surface area contributed by atoms with Crippen LogP contribution in [0.2, 0.25) is 0 Å². The molecule has 0 fully saturated rings. The lowest BCUT2D eigenvalue weighted by molar-refractivity contribution is 0.259. The monoisotopic (exact) mass is 336 g/mol. The molecule has 1 aromatic rings. The number of ether oxygens (including phenoxy) is 2. The number of likely N-dealkylation sites (N-methyl/N-ethyl adjacent to an activating group) is 1. The number of benzene rings is 1. The highest BCUT2D eigenvalue weighted by molar-refractivity contribution is 5.94. The third kappa shape index (κ3) is 6.66. The van der Waals surface area contributed by atoms with Gasteiger partial charge in [-0.25, -0.2) is 0 Å². The first-order valence-electron chi connectivity index (χ1n) is 8.68. The molecular formula is C18H32N4O2. The summed E-state index contributed by atoms with van der Waals surface area (Å²) in [5.41, 5.74) is 6.78. The highest BCUT2D eigenvalue weighted by Crippen LogP contribution is 2.29. The maximum absolute atomic E-state index is 6.01. The third-order valence-corrected chi connectivity index (χ3v) is 3.90. The lowest BCUT2D eigenvalue weighted by atomic mass is 10.2. The average Bonchev–Trinajstić information content (AvgIpc) is 2.56. The minimum Gasteiger partial charge on any atom is -0.494 e. The van der Waals surface area contributed by atoms with Crippen LogP contribution in [0, 0.1) is 0 Å². The van der Waals surface area contributed by atoms with E-state index >= 15 is 0 Å². The molecular weight excluding hydrogens is 304 g/mol. The lowest BCUT2D eigenvalue weighted by Crippen LogP contribution is -2.31. The second-order valence-electron chi connectivity index (χ2n) is 5.65. The number of guanidine groups is 1. The lowest BCUT2D eigenvalue weighted by Gasteiger charge is -2.22. The highest BCUT2D eigenvalue weighted by atomic mass is 16.5. The van der Waals surface area contributed by atoms with E-state index in [1.165, 1.54) is 0 Å². The van der Waals surface area contributed by atoms with Crippen molar-refractivity contribution in [3.63, 3.8) is 0 Å². The molecule has 136 valence electrons. The Bertz CT molecular complexity index is 520. The zero-order valence-electron chi connectivity index (χ0n) is 15.6. The van der Waals surface area contributed by atoms with Gasteiger partial charge in [0, 0.05) is 18.7 Å².